The topological polar surface area (TPSA) is 20.2 Å². The van der Waals surface area contributed by atoms with Crippen LogP contribution in [-0.4, -0.2) is 10.7 Å². The van der Waals surface area contributed by atoms with Gasteiger partial charge in [0, 0.05) is 6.42 Å². The van der Waals surface area contributed by atoms with Crippen LogP contribution in [0.25, 0.3) is 0 Å². The summed E-state index contributed by atoms with van der Waals surface area (Å²) >= 11 is 0. The van der Waals surface area contributed by atoms with E-state index in [4.69, 9.17) is 0 Å². The minimum Gasteiger partial charge on any atom is -0.390 e. The Hall–Kier alpha value is -0.960. The molecule has 0 radical (unpaired) electrons. The molecule has 0 unspecified atom stereocenters. The van der Waals surface area contributed by atoms with Crippen LogP contribution < -0.4 is 0 Å². The molecule has 1 aromatic carbocycles. The Kier molecular flexibility index (Phi) is 2.74. The summed E-state index contributed by atoms with van der Waals surface area (Å²) in [5.74, 6) is -1.66. The molecule has 0 heterocycles. The van der Waals surface area contributed by atoms with E-state index in [1.165, 1.54) is 12.1 Å². The fourth-order valence-electron chi connectivity index (χ4n) is 2.25. The van der Waals surface area contributed by atoms with Gasteiger partial charge in [-0.25, -0.2) is 8.78 Å². The number of rotatable bonds is 2. The summed E-state index contributed by atoms with van der Waals surface area (Å²) in [6.45, 7) is 0. The minimum atomic E-state index is -0.839. The van der Waals surface area contributed by atoms with Crippen LogP contribution in [0.1, 0.15) is 31.2 Å². The first-order valence-corrected chi connectivity index (χ1v) is 5.26. The molecule has 1 aliphatic carbocycles. The average Bonchev–Trinajstić information content (AvgIpc) is 2.60. The van der Waals surface area contributed by atoms with E-state index in [1.54, 1.807) is 0 Å². The van der Waals surface area contributed by atoms with Gasteiger partial charge in [-0.05, 0) is 24.5 Å². The second kappa shape index (κ2) is 3.89. The standard InChI is InChI=1S/C12H14F2O/c13-10-5-3-4-9(11(10)14)8-12(15)6-1-2-7-12/h3-5,15H,1-2,6-8H2. The zero-order valence-electron chi connectivity index (χ0n) is 8.47. The van der Waals surface area contributed by atoms with E-state index >= 15 is 0 Å². The lowest BCUT2D eigenvalue weighted by Gasteiger charge is -2.22. The van der Waals surface area contributed by atoms with E-state index in [-0.39, 0.29) is 12.0 Å². The molecular weight excluding hydrogens is 198 g/mol. The van der Waals surface area contributed by atoms with Gasteiger partial charge in [-0.1, -0.05) is 25.0 Å². The van der Waals surface area contributed by atoms with Gasteiger partial charge in [-0.15, -0.1) is 0 Å². The Morgan fingerprint density at radius 3 is 2.53 bits per heavy atom. The van der Waals surface area contributed by atoms with Crippen molar-refractivity contribution in [1.82, 2.24) is 0 Å². The van der Waals surface area contributed by atoms with Crippen molar-refractivity contribution in [2.24, 2.45) is 0 Å². The van der Waals surface area contributed by atoms with Gasteiger partial charge in [0.2, 0.25) is 0 Å². The summed E-state index contributed by atoms with van der Waals surface area (Å²) in [4.78, 5) is 0. The molecule has 0 saturated heterocycles. The van der Waals surface area contributed by atoms with Gasteiger partial charge in [0.1, 0.15) is 0 Å². The summed E-state index contributed by atoms with van der Waals surface area (Å²) < 4.78 is 26.3. The van der Waals surface area contributed by atoms with E-state index in [0.29, 0.717) is 12.8 Å². The van der Waals surface area contributed by atoms with Crippen molar-refractivity contribution < 1.29 is 13.9 Å². The smallest absolute Gasteiger partial charge is 0.162 e. The number of benzene rings is 1. The monoisotopic (exact) mass is 212 g/mol. The Bertz CT molecular complexity index is 357. The first-order valence-electron chi connectivity index (χ1n) is 5.26. The van der Waals surface area contributed by atoms with Gasteiger partial charge < -0.3 is 5.11 Å². The Labute approximate surface area is 87.7 Å². The summed E-state index contributed by atoms with van der Waals surface area (Å²) in [5.41, 5.74) is -0.548. The van der Waals surface area contributed by atoms with Gasteiger partial charge in [-0.2, -0.15) is 0 Å². The van der Waals surface area contributed by atoms with E-state index in [1.807, 2.05) is 0 Å². The fraction of sp³-hybridized carbons (Fsp3) is 0.500. The molecule has 0 spiro atoms. The van der Waals surface area contributed by atoms with Crippen molar-refractivity contribution in [3.63, 3.8) is 0 Å². The van der Waals surface area contributed by atoms with Crippen molar-refractivity contribution in [2.75, 3.05) is 0 Å². The number of halogens is 2. The lowest BCUT2D eigenvalue weighted by Crippen LogP contribution is -2.27. The maximum atomic E-state index is 13.3. The molecular formula is C12H14F2O. The summed E-state index contributed by atoms with van der Waals surface area (Å²) in [5, 5.41) is 10.1. The summed E-state index contributed by atoms with van der Waals surface area (Å²) in [6, 6.07) is 4.11. The van der Waals surface area contributed by atoms with Crippen molar-refractivity contribution in [3.05, 3.63) is 35.4 Å². The molecule has 1 saturated carbocycles. The van der Waals surface area contributed by atoms with E-state index in [0.717, 1.165) is 18.9 Å². The quantitative estimate of drug-likeness (QED) is 0.799. The highest BCUT2D eigenvalue weighted by molar-refractivity contribution is 5.21. The van der Waals surface area contributed by atoms with E-state index in [9.17, 15) is 13.9 Å². The highest BCUT2D eigenvalue weighted by Crippen LogP contribution is 2.33. The van der Waals surface area contributed by atoms with Crippen LogP contribution in [0.4, 0.5) is 8.78 Å². The van der Waals surface area contributed by atoms with Crippen LogP contribution in [0.2, 0.25) is 0 Å². The molecule has 1 fully saturated rings. The summed E-state index contributed by atoms with van der Waals surface area (Å²) in [6.07, 6.45) is 3.52. The molecule has 0 aliphatic heterocycles. The SMILES string of the molecule is OC1(Cc2cccc(F)c2F)CCCC1. The molecule has 1 nitrogen and oxygen atoms in total. The number of hydrogen-bond donors (Lipinski definition) is 1. The molecule has 0 bridgehead atoms. The number of aliphatic hydroxyl groups is 1. The van der Waals surface area contributed by atoms with Crippen molar-refractivity contribution in [2.45, 2.75) is 37.7 Å². The third-order valence-corrected chi connectivity index (χ3v) is 3.09. The molecule has 1 aliphatic rings. The Morgan fingerprint density at radius 2 is 1.87 bits per heavy atom. The van der Waals surface area contributed by atoms with Gasteiger partial charge in [0.05, 0.1) is 5.60 Å². The van der Waals surface area contributed by atoms with Crippen LogP contribution in [0, 0.1) is 11.6 Å². The zero-order chi connectivity index (χ0) is 10.9. The van der Waals surface area contributed by atoms with Crippen LogP contribution >= 0.6 is 0 Å². The van der Waals surface area contributed by atoms with Crippen LogP contribution in [-0.2, 0) is 6.42 Å². The van der Waals surface area contributed by atoms with Crippen LogP contribution in [0.5, 0.6) is 0 Å². The van der Waals surface area contributed by atoms with Crippen molar-refractivity contribution in [3.8, 4) is 0 Å². The third kappa shape index (κ3) is 2.17. The van der Waals surface area contributed by atoms with Crippen LogP contribution in [0.3, 0.4) is 0 Å². The molecule has 3 heteroatoms. The van der Waals surface area contributed by atoms with Gasteiger partial charge in [-0.3, -0.25) is 0 Å². The predicted molar refractivity (Wildman–Crippen MR) is 53.5 cm³/mol. The normalized spacial score (nSPS) is 19.4. The maximum absolute atomic E-state index is 13.3. The first kappa shape index (κ1) is 10.6. The maximum Gasteiger partial charge on any atom is 0.162 e. The van der Waals surface area contributed by atoms with E-state index < -0.39 is 17.2 Å². The summed E-state index contributed by atoms with van der Waals surface area (Å²) in [7, 11) is 0. The second-order valence-electron chi connectivity index (χ2n) is 4.32. The number of hydrogen-bond acceptors (Lipinski definition) is 1. The average molecular weight is 212 g/mol. The molecule has 1 aromatic rings. The minimum absolute atomic E-state index is 0.219. The fourth-order valence-corrected chi connectivity index (χ4v) is 2.25. The molecule has 0 atom stereocenters. The molecule has 15 heavy (non-hydrogen) atoms. The zero-order valence-corrected chi connectivity index (χ0v) is 8.47. The highest BCUT2D eigenvalue weighted by atomic mass is 19.2. The van der Waals surface area contributed by atoms with Crippen molar-refractivity contribution in [1.29, 1.82) is 0 Å². The Morgan fingerprint density at radius 1 is 1.20 bits per heavy atom. The second-order valence-corrected chi connectivity index (χ2v) is 4.32. The Balaban J connectivity index is 2.20. The lowest BCUT2D eigenvalue weighted by atomic mass is 9.93. The molecule has 0 aromatic heterocycles. The predicted octanol–water partition coefficient (Wildman–Crippen LogP) is 2.81. The van der Waals surface area contributed by atoms with Gasteiger partial charge in [0.25, 0.3) is 0 Å². The lowest BCUT2D eigenvalue weighted by molar-refractivity contribution is 0.0472. The third-order valence-electron chi connectivity index (χ3n) is 3.09. The highest BCUT2D eigenvalue weighted by Gasteiger charge is 2.32. The first-order chi connectivity index (χ1) is 7.11. The largest absolute Gasteiger partial charge is 0.390 e. The molecule has 82 valence electrons. The molecule has 2 rings (SSSR count). The van der Waals surface area contributed by atoms with Crippen molar-refractivity contribution >= 4 is 0 Å². The van der Waals surface area contributed by atoms with Crippen LogP contribution in [0.15, 0.2) is 18.2 Å². The van der Waals surface area contributed by atoms with Gasteiger partial charge >= 0.3 is 0 Å². The molecule has 0 amide bonds. The molecule has 1 N–H and O–H groups in total. The van der Waals surface area contributed by atoms with Gasteiger partial charge in [0.15, 0.2) is 11.6 Å². The van der Waals surface area contributed by atoms with E-state index in [2.05, 4.69) is 0 Å².